The maximum absolute atomic E-state index is 12.4. The lowest BCUT2D eigenvalue weighted by molar-refractivity contribution is -0.111. The highest BCUT2D eigenvalue weighted by Crippen LogP contribution is 2.44. The van der Waals surface area contributed by atoms with Gasteiger partial charge in [-0.2, -0.15) is 0 Å². The van der Waals surface area contributed by atoms with Crippen LogP contribution in [0.3, 0.4) is 0 Å². The fraction of sp³-hybridized carbons (Fsp3) is 0.367. The normalized spacial score (nSPS) is 21.6. The number of amides is 1. The topological polar surface area (TPSA) is 95.1 Å². The van der Waals surface area contributed by atoms with E-state index < -0.39 is 0 Å². The SMILES string of the molecule is C=CC(=O)Nc1cc(Nc2cc(N3OCC[C@@H]3c3cccc(Cl)c3Cl)ncn2)c(OC)cc1N1C[C@@H]2C[C@H]1CN2CC. The smallest absolute Gasteiger partial charge is 0.247 e. The number of carbonyl (C=O) groups excluding carboxylic acids is 1. The highest BCUT2D eigenvalue weighted by Gasteiger charge is 2.43. The highest BCUT2D eigenvalue weighted by atomic mass is 35.5. The average molecular weight is 611 g/mol. The van der Waals surface area contributed by atoms with Crippen LogP contribution in [0.15, 0.2) is 55.4 Å². The Morgan fingerprint density at radius 3 is 2.79 bits per heavy atom. The summed E-state index contributed by atoms with van der Waals surface area (Å²) in [5, 5.41) is 9.08. The van der Waals surface area contributed by atoms with E-state index in [0.29, 0.717) is 57.5 Å². The molecule has 220 valence electrons. The molecule has 3 aromatic rings. The van der Waals surface area contributed by atoms with Gasteiger partial charge in [-0.05, 0) is 36.7 Å². The summed E-state index contributed by atoms with van der Waals surface area (Å²) in [6.45, 7) is 9.28. The maximum atomic E-state index is 12.4. The van der Waals surface area contributed by atoms with Gasteiger partial charge in [-0.3, -0.25) is 14.5 Å². The number of hydrogen-bond acceptors (Lipinski definition) is 9. The van der Waals surface area contributed by atoms with E-state index in [1.807, 2.05) is 24.3 Å². The molecule has 3 aliphatic rings. The summed E-state index contributed by atoms with van der Waals surface area (Å²) in [7, 11) is 1.63. The van der Waals surface area contributed by atoms with Crippen LogP contribution in [0, 0.1) is 0 Å². The zero-order valence-electron chi connectivity index (χ0n) is 23.5. The molecule has 3 aliphatic heterocycles. The average Bonchev–Trinajstić information content (AvgIpc) is 3.75. The minimum absolute atomic E-state index is 0.159. The second kappa shape index (κ2) is 12.0. The van der Waals surface area contributed by atoms with E-state index in [9.17, 15) is 4.79 Å². The Morgan fingerprint density at radius 1 is 1.19 bits per heavy atom. The quantitative estimate of drug-likeness (QED) is 0.291. The minimum Gasteiger partial charge on any atom is -0.494 e. The second-order valence-electron chi connectivity index (χ2n) is 10.5. The van der Waals surface area contributed by atoms with Crippen LogP contribution < -0.4 is 25.3 Å². The largest absolute Gasteiger partial charge is 0.494 e. The number of likely N-dealkylation sites (N-methyl/N-ethyl adjacent to an activating group) is 1. The summed E-state index contributed by atoms with van der Waals surface area (Å²) in [6, 6.07) is 11.9. The van der Waals surface area contributed by atoms with Crippen molar-refractivity contribution in [2.45, 2.75) is 37.9 Å². The fourth-order valence-corrected chi connectivity index (χ4v) is 6.65. The van der Waals surface area contributed by atoms with E-state index in [1.54, 1.807) is 24.3 Å². The number of methoxy groups -OCH3 is 1. The first kappa shape index (κ1) is 28.5. The Labute approximate surface area is 255 Å². The molecule has 2 aromatic carbocycles. The molecule has 1 amide bonds. The second-order valence-corrected chi connectivity index (χ2v) is 11.3. The Kier molecular flexibility index (Phi) is 8.13. The van der Waals surface area contributed by atoms with Crippen LogP contribution in [0.1, 0.15) is 31.4 Å². The third-order valence-corrected chi connectivity index (χ3v) is 9.05. The first-order chi connectivity index (χ1) is 20.4. The van der Waals surface area contributed by atoms with E-state index >= 15 is 0 Å². The summed E-state index contributed by atoms with van der Waals surface area (Å²) >= 11 is 12.8. The Balaban J connectivity index is 1.30. The van der Waals surface area contributed by atoms with Crippen LogP contribution in [-0.2, 0) is 9.63 Å². The van der Waals surface area contributed by atoms with E-state index in [0.717, 1.165) is 43.7 Å². The van der Waals surface area contributed by atoms with Crippen LogP contribution in [-0.4, -0.2) is 66.2 Å². The Morgan fingerprint density at radius 2 is 2.05 bits per heavy atom. The third kappa shape index (κ3) is 5.35. The van der Waals surface area contributed by atoms with Crippen molar-refractivity contribution in [1.29, 1.82) is 0 Å². The molecule has 12 heteroatoms. The molecule has 42 heavy (non-hydrogen) atoms. The van der Waals surface area contributed by atoms with Crippen molar-refractivity contribution >= 4 is 57.8 Å². The van der Waals surface area contributed by atoms with Gasteiger partial charge in [0.05, 0.1) is 46.9 Å². The molecule has 10 nitrogen and oxygen atoms in total. The number of nitrogens with one attached hydrogen (secondary N) is 2. The van der Waals surface area contributed by atoms with Gasteiger partial charge in [-0.15, -0.1) is 0 Å². The van der Waals surface area contributed by atoms with E-state index in [4.69, 9.17) is 32.8 Å². The molecule has 0 radical (unpaired) electrons. The van der Waals surface area contributed by atoms with Crippen molar-refractivity contribution in [3.05, 3.63) is 71.0 Å². The van der Waals surface area contributed by atoms with E-state index in [-0.39, 0.29) is 11.9 Å². The zero-order valence-corrected chi connectivity index (χ0v) is 25.0. The van der Waals surface area contributed by atoms with Crippen molar-refractivity contribution in [2.24, 2.45) is 0 Å². The van der Waals surface area contributed by atoms with Gasteiger partial charge in [-0.25, -0.2) is 15.0 Å². The lowest BCUT2D eigenvalue weighted by Gasteiger charge is -2.36. The number of ether oxygens (including phenoxy) is 1. The lowest BCUT2D eigenvalue weighted by Crippen LogP contribution is -2.46. The molecule has 0 spiro atoms. The molecule has 3 saturated heterocycles. The summed E-state index contributed by atoms with van der Waals surface area (Å²) in [6.07, 6.45) is 4.57. The number of carbonyl (C=O) groups is 1. The molecule has 3 fully saturated rings. The third-order valence-electron chi connectivity index (χ3n) is 8.22. The van der Waals surface area contributed by atoms with Crippen molar-refractivity contribution in [3.8, 4) is 5.75 Å². The number of hydrogen-bond donors (Lipinski definition) is 2. The molecule has 2 bridgehead atoms. The molecule has 2 N–H and O–H groups in total. The number of anilines is 5. The van der Waals surface area contributed by atoms with Gasteiger partial charge in [-0.1, -0.05) is 48.8 Å². The zero-order chi connectivity index (χ0) is 29.4. The van der Waals surface area contributed by atoms with Crippen LogP contribution in [0.4, 0.5) is 28.7 Å². The summed E-state index contributed by atoms with van der Waals surface area (Å²) in [5.74, 6) is 1.43. The monoisotopic (exact) mass is 609 g/mol. The highest BCUT2D eigenvalue weighted by molar-refractivity contribution is 6.42. The number of rotatable bonds is 9. The first-order valence-corrected chi connectivity index (χ1v) is 14.8. The standard InChI is InChI=1S/C30H33Cl2N7O3/c1-4-29(40)36-22-12-23(26(41-3)13-25(22)38-16-18-11-19(38)15-37(18)5-2)35-27-14-28(34-17-33-27)39-24(9-10-42-39)20-7-6-8-21(31)30(20)32/h4,6-8,12-14,17-19,24H,1,5,9-11,15-16H2,2-3H3,(H,36,40)(H,33,34,35)/t18-,19-,24+/m0/s1. The minimum atomic E-state index is -0.284. The molecule has 0 aliphatic carbocycles. The van der Waals surface area contributed by atoms with Gasteiger partial charge in [0, 0.05) is 43.7 Å². The predicted molar refractivity (Wildman–Crippen MR) is 166 cm³/mol. The van der Waals surface area contributed by atoms with Crippen molar-refractivity contribution in [2.75, 3.05) is 53.9 Å². The van der Waals surface area contributed by atoms with Gasteiger partial charge in [0.25, 0.3) is 0 Å². The lowest BCUT2D eigenvalue weighted by atomic mass is 10.0. The number of piperazine rings is 1. The van der Waals surface area contributed by atoms with E-state index in [2.05, 4.69) is 43.9 Å². The van der Waals surface area contributed by atoms with Crippen molar-refractivity contribution in [1.82, 2.24) is 14.9 Å². The molecular weight excluding hydrogens is 577 g/mol. The van der Waals surface area contributed by atoms with Crippen LogP contribution in [0.5, 0.6) is 5.75 Å². The number of hydroxylamine groups is 1. The predicted octanol–water partition coefficient (Wildman–Crippen LogP) is 5.83. The van der Waals surface area contributed by atoms with Gasteiger partial charge < -0.3 is 20.3 Å². The van der Waals surface area contributed by atoms with Crippen LogP contribution >= 0.6 is 23.2 Å². The van der Waals surface area contributed by atoms with Crippen molar-refractivity contribution in [3.63, 3.8) is 0 Å². The van der Waals surface area contributed by atoms with Crippen LogP contribution in [0.25, 0.3) is 0 Å². The van der Waals surface area contributed by atoms with Gasteiger partial charge in [0.2, 0.25) is 5.91 Å². The van der Waals surface area contributed by atoms with E-state index in [1.165, 1.54) is 12.4 Å². The summed E-state index contributed by atoms with van der Waals surface area (Å²) < 4.78 is 5.82. The van der Waals surface area contributed by atoms with Crippen LogP contribution in [0.2, 0.25) is 10.0 Å². The fourth-order valence-electron chi connectivity index (χ4n) is 6.22. The number of likely N-dealkylation sites (tertiary alicyclic amines) is 1. The summed E-state index contributed by atoms with van der Waals surface area (Å²) in [4.78, 5) is 32.2. The van der Waals surface area contributed by atoms with Crippen molar-refractivity contribution < 1.29 is 14.4 Å². The van der Waals surface area contributed by atoms with Gasteiger partial charge >= 0.3 is 0 Å². The first-order valence-electron chi connectivity index (χ1n) is 14.0. The molecule has 1 aromatic heterocycles. The van der Waals surface area contributed by atoms with Gasteiger partial charge in [0.15, 0.2) is 5.82 Å². The molecule has 6 rings (SSSR count). The molecular formula is C30H33Cl2N7O3. The number of fused-ring (bicyclic) bond motifs is 2. The number of aromatic nitrogens is 2. The number of benzene rings is 2. The number of nitrogens with zero attached hydrogens (tertiary/aromatic N) is 5. The molecule has 0 saturated carbocycles. The maximum Gasteiger partial charge on any atom is 0.247 e. The molecule has 4 heterocycles. The molecule has 3 atom stereocenters. The summed E-state index contributed by atoms with van der Waals surface area (Å²) in [5.41, 5.74) is 3.10. The van der Waals surface area contributed by atoms with Gasteiger partial charge in [0.1, 0.15) is 17.9 Å². The molecule has 0 unspecified atom stereocenters. The number of halogens is 2. The Hall–Kier alpha value is -3.57. The Bertz CT molecular complexity index is 1510.